The van der Waals surface area contributed by atoms with Crippen LogP contribution in [0.25, 0.3) is 10.9 Å². The minimum absolute atomic E-state index is 0.347. The summed E-state index contributed by atoms with van der Waals surface area (Å²) in [5.74, 6) is 1.31. The van der Waals surface area contributed by atoms with Crippen LogP contribution >= 0.6 is 0 Å². The molecule has 2 N–H and O–H groups in total. The first-order valence-electron chi connectivity index (χ1n) is 6.62. The molecule has 1 aliphatic rings. The maximum absolute atomic E-state index is 5.83. The Bertz CT molecular complexity index is 597. The number of piperazine rings is 1. The molecule has 0 saturated carbocycles. The van der Waals surface area contributed by atoms with E-state index in [9.17, 15) is 0 Å². The van der Waals surface area contributed by atoms with Crippen molar-refractivity contribution in [1.29, 1.82) is 0 Å². The molecule has 5 nitrogen and oxygen atoms in total. The van der Waals surface area contributed by atoms with Gasteiger partial charge in [0.1, 0.15) is 5.82 Å². The Kier molecular flexibility index (Phi) is 2.98. The van der Waals surface area contributed by atoms with Gasteiger partial charge in [0.2, 0.25) is 5.95 Å². The molecule has 19 heavy (non-hydrogen) atoms. The van der Waals surface area contributed by atoms with Crippen LogP contribution < -0.4 is 10.6 Å². The highest BCUT2D eigenvalue weighted by Gasteiger charge is 2.23. The molecule has 0 amide bonds. The van der Waals surface area contributed by atoms with Gasteiger partial charge in [-0.1, -0.05) is 12.1 Å². The molecule has 100 valence electrons. The molecular weight excluding hydrogens is 238 g/mol. The molecule has 0 radical (unpaired) electrons. The van der Waals surface area contributed by atoms with Crippen molar-refractivity contribution >= 4 is 22.7 Å². The van der Waals surface area contributed by atoms with Crippen molar-refractivity contribution in [2.45, 2.75) is 13.0 Å². The monoisotopic (exact) mass is 257 g/mol. The molecule has 1 aromatic carbocycles. The maximum Gasteiger partial charge on any atom is 0.222 e. The quantitative estimate of drug-likeness (QED) is 0.835. The van der Waals surface area contributed by atoms with E-state index < -0.39 is 0 Å². The second-order valence-corrected chi connectivity index (χ2v) is 5.20. The van der Waals surface area contributed by atoms with Crippen LogP contribution in [0, 0.1) is 0 Å². The first-order chi connectivity index (χ1) is 9.15. The van der Waals surface area contributed by atoms with Gasteiger partial charge >= 0.3 is 0 Å². The molecular formula is C14H19N5. The Balaban J connectivity index is 2.05. The van der Waals surface area contributed by atoms with Crippen molar-refractivity contribution in [1.82, 2.24) is 14.9 Å². The van der Waals surface area contributed by atoms with E-state index >= 15 is 0 Å². The topological polar surface area (TPSA) is 58.3 Å². The fourth-order valence-corrected chi connectivity index (χ4v) is 2.56. The highest BCUT2D eigenvalue weighted by Crippen LogP contribution is 2.26. The van der Waals surface area contributed by atoms with Crippen molar-refractivity contribution in [2.24, 2.45) is 0 Å². The smallest absolute Gasteiger partial charge is 0.222 e. The van der Waals surface area contributed by atoms with E-state index in [0.29, 0.717) is 12.0 Å². The number of fused-ring (bicyclic) bond motifs is 1. The lowest BCUT2D eigenvalue weighted by Gasteiger charge is -2.38. The number of likely N-dealkylation sites (N-methyl/N-ethyl adjacent to an activating group) is 1. The number of anilines is 2. The highest BCUT2D eigenvalue weighted by atomic mass is 15.3. The first-order valence-corrected chi connectivity index (χ1v) is 6.62. The van der Waals surface area contributed by atoms with Crippen molar-refractivity contribution in [3.63, 3.8) is 0 Å². The van der Waals surface area contributed by atoms with Crippen molar-refractivity contribution < 1.29 is 0 Å². The zero-order valence-electron chi connectivity index (χ0n) is 11.4. The van der Waals surface area contributed by atoms with Crippen LogP contribution in [0.1, 0.15) is 6.92 Å². The summed E-state index contributed by atoms with van der Waals surface area (Å²) in [6.45, 7) is 5.22. The minimum Gasteiger partial charge on any atom is -0.368 e. The zero-order chi connectivity index (χ0) is 13.4. The van der Waals surface area contributed by atoms with Gasteiger partial charge in [0, 0.05) is 31.1 Å². The van der Waals surface area contributed by atoms with Gasteiger partial charge in [-0.3, -0.25) is 0 Å². The van der Waals surface area contributed by atoms with Crippen LogP contribution in [0.3, 0.4) is 0 Å². The number of aromatic nitrogens is 2. The van der Waals surface area contributed by atoms with Crippen LogP contribution in [-0.2, 0) is 0 Å². The predicted octanol–water partition coefficient (Wildman–Crippen LogP) is 1.35. The SMILES string of the molecule is CC1CN(c2nc(N)nc3ccccc23)CCN1C. The standard InChI is InChI=1S/C14H19N5/c1-10-9-19(8-7-18(10)2)13-11-5-3-4-6-12(11)16-14(15)17-13/h3-6,10H,7-9H2,1-2H3,(H2,15,16,17). The Hall–Kier alpha value is -1.88. The molecule has 1 atom stereocenters. The third-order valence-electron chi connectivity index (χ3n) is 3.86. The van der Waals surface area contributed by atoms with Gasteiger partial charge in [-0.2, -0.15) is 4.98 Å². The number of nitrogens with two attached hydrogens (primary N) is 1. The minimum atomic E-state index is 0.347. The summed E-state index contributed by atoms with van der Waals surface area (Å²) in [6, 6.07) is 8.56. The Morgan fingerprint density at radius 3 is 2.79 bits per heavy atom. The molecule has 0 spiro atoms. The number of hydrogen-bond donors (Lipinski definition) is 1. The van der Waals surface area contributed by atoms with E-state index in [-0.39, 0.29) is 0 Å². The first kappa shape index (κ1) is 12.2. The van der Waals surface area contributed by atoms with E-state index in [4.69, 9.17) is 5.73 Å². The summed E-state index contributed by atoms with van der Waals surface area (Å²) in [7, 11) is 2.16. The molecule has 5 heteroatoms. The summed E-state index contributed by atoms with van der Waals surface area (Å²) < 4.78 is 0. The largest absolute Gasteiger partial charge is 0.368 e. The second-order valence-electron chi connectivity index (χ2n) is 5.20. The van der Waals surface area contributed by atoms with Crippen LogP contribution in [0.2, 0.25) is 0 Å². The van der Waals surface area contributed by atoms with Crippen LogP contribution in [0.15, 0.2) is 24.3 Å². The molecule has 1 aromatic heterocycles. The fourth-order valence-electron chi connectivity index (χ4n) is 2.56. The van der Waals surface area contributed by atoms with E-state index in [1.807, 2.05) is 18.2 Å². The second kappa shape index (κ2) is 4.66. The number of rotatable bonds is 1. The molecule has 1 fully saturated rings. The summed E-state index contributed by atoms with van der Waals surface area (Å²) >= 11 is 0. The molecule has 2 heterocycles. The summed E-state index contributed by atoms with van der Waals surface area (Å²) in [6.07, 6.45) is 0. The van der Waals surface area contributed by atoms with Crippen molar-refractivity contribution in [3.8, 4) is 0 Å². The molecule has 0 bridgehead atoms. The van der Waals surface area contributed by atoms with Gasteiger partial charge in [-0.05, 0) is 26.1 Å². The zero-order valence-corrected chi connectivity index (χ0v) is 11.4. The summed E-state index contributed by atoms with van der Waals surface area (Å²) in [5.41, 5.74) is 6.75. The molecule has 2 aromatic rings. The Morgan fingerprint density at radius 2 is 2.00 bits per heavy atom. The fraction of sp³-hybridized carbons (Fsp3) is 0.429. The van der Waals surface area contributed by atoms with Gasteiger partial charge in [0.05, 0.1) is 5.52 Å². The Labute approximate surface area is 113 Å². The normalized spacial score (nSPS) is 20.9. The average molecular weight is 257 g/mol. The third kappa shape index (κ3) is 2.21. The van der Waals surface area contributed by atoms with Gasteiger partial charge in [-0.25, -0.2) is 4.98 Å². The number of para-hydroxylation sites is 1. The molecule has 3 rings (SSSR count). The number of nitrogen functional groups attached to an aromatic ring is 1. The van der Waals surface area contributed by atoms with Crippen LogP contribution in [0.5, 0.6) is 0 Å². The van der Waals surface area contributed by atoms with Crippen LogP contribution in [0.4, 0.5) is 11.8 Å². The highest BCUT2D eigenvalue weighted by molar-refractivity contribution is 5.90. The van der Waals surface area contributed by atoms with Gasteiger partial charge in [0.25, 0.3) is 0 Å². The van der Waals surface area contributed by atoms with E-state index in [1.54, 1.807) is 0 Å². The molecule has 1 unspecified atom stereocenters. The van der Waals surface area contributed by atoms with Crippen LogP contribution in [-0.4, -0.2) is 47.6 Å². The lowest BCUT2D eigenvalue weighted by atomic mass is 10.1. The van der Waals surface area contributed by atoms with Gasteiger partial charge < -0.3 is 15.5 Å². The lowest BCUT2D eigenvalue weighted by molar-refractivity contribution is 0.233. The van der Waals surface area contributed by atoms with E-state index in [0.717, 1.165) is 36.4 Å². The summed E-state index contributed by atoms with van der Waals surface area (Å²) in [4.78, 5) is 13.4. The Morgan fingerprint density at radius 1 is 1.21 bits per heavy atom. The van der Waals surface area contributed by atoms with Gasteiger partial charge in [-0.15, -0.1) is 0 Å². The molecule has 1 aliphatic heterocycles. The van der Waals surface area contributed by atoms with Gasteiger partial charge in [0.15, 0.2) is 0 Å². The molecule has 0 aliphatic carbocycles. The number of benzene rings is 1. The average Bonchev–Trinajstić information content (AvgIpc) is 2.41. The lowest BCUT2D eigenvalue weighted by Crippen LogP contribution is -2.50. The van der Waals surface area contributed by atoms with E-state index in [2.05, 4.69) is 39.8 Å². The van der Waals surface area contributed by atoms with E-state index in [1.165, 1.54) is 0 Å². The number of nitrogens with zero attached hydrogens (tertiary/aromatic N) is 4. The van der Waals surface area contributed by atoms with Crippen molar-refractivity contribution in [2.75, 3.05) is 37.3 Å². The number of hydrogen-bond acceptors (Lipinski definition) is 5. The molecule has 1 saturated heterocycles. The predicted molar refractivity (Wildman–Crippen MR) is 78.3 cm³/mol. The maximum atomic E-state index is 5.83. The van der Waals surface area contributed by atoms with Crippen molar-refractivity contribution in [3.05, 3.63) is 24.3 Å². The summed E-state index contributed by atoms with van der Waals surface area (Å²) in [5, 5.41) is 1.08. The third-order valence-corrected chi connectivity index (χ3v) is 3.86.